The fraction of sp³-hybridized carbons (Fsp3) is 0.417. The molecule has 2 saturated heterocycles. The molecule has 5 rings (SSSR count). The molecule has 2 fully saturated rings. The van der Waals surface area contributed by atoms with Crippen LogP contribution < -0.4 is 9.64 Å². The first kappa shape index (κ1) is 24.1. The molecular formula is C24H27ClN4O5S. The van der Waals surface area contributed by atoms with E-state index in [1.54, 1.807) is 41.6 Å². The smallest absolute Gasteiger partial charge is 0.243 e. The summed E-state index contributed by atoms with van der Waals surface area (Å²) in [6.07, 6.45) is 6.10. The molecule has 0 radical (unpaired) electrons. The third kappa shape index (κ3) is 5.02. The van der Waals surface area contributed by atoms with Crippen molar-refractivity contribution >= 4 is 39.3 Å². The van der Waals surface area contributed by atoms with Gasteiger partial charge in [0.15, 0.2) is 0 Å². The number of piperidine rings is 1. The number of pyridine rings is 1. The van der Waals surface area contributed by atoms with E-state index in [4.69, 9.17) is 16.3 Å². The van der Waals surface area contributed by atoms with Crippen LogP contribution in [0.1, 0.15) is 18.4 Å². The Morgan fingerprint density at radius 2 is 1.83 bits per heavy atom. The molecule has 1 amide bonds. The summed E-state index contributed by atoms with van der Waals surface area (Å²) in [5, 5.41) is 11.7. The molecule has 4 heterocycles. The lowest BCUT2D eigenvalue weighted by Crippen LogP contribution is -2.58. The topological polar surface area (TPSA) is 103 Å². The van der Waals surface area contributed by atoms with Crippen molar-refractivity contribution in [1.29, 1.82) is 0 Å². The van der Waals surface area contributed by atoms with E-state index in [0.29, 0.717) is 42.3 Å². The molecule has 1 N–H and O–H groups in total. The number of β-amino-alcohol motifs (C(OH)–C–C–N with tert-alkyl or cyclic N) is 1. The number of nitrogens with zero attached hydrogens (tertiary/aromatic N) is 4. The van der Waals surface area contributed by atoms with Crippen LogP contribution in [-0.4, -0.2) is 85.1 Å². The minimum Gasteiger partial charge on any atom is -0.487 e. The summed E-state index contributed by atoms with van der Waals surface area (Å²) in [5.74, 6) is 0.217. The van der Waals surface area contributed by atoms with Crippen molar-refractivity contribution in [2.45, 2.75) is 18.4 Å². The monoisotopic (exact) mass is 518 g/mol. The zero-order valence-corrected chi connectivity index (χ0v) is 20.7. The van der Waals surface area contributed by atoms with Crippen LogP contribution in [0.25, 0.3) is 6.08 Å². The molecule has 3 aliphatic heterocycles. The fourth-order valence-corrected chi connectivity index (χ4v) is 6.32. The minimum atomic E-state index is -3.87. The van der Waals surface area contributed by atoms with E-state index in [1.165, 1.54) is 4.31 Å². The average molecular weight is 519 g/mol. The maximum absolute atomic E-state index is 13.2. The molecule has 9 nitrogen and oxygen atoms in total. The van der Waals surface area contributed by atoms with Gasteiger partial charge in [0.25, 0.3) is 0 Å². The Morgan fingerprint density at radius 1 is 1.09 bits per heavy atom. The van der Waals surface area contributed by atoms with Gasteiger partial charge in [-0.2, -0.15) is 4.31 Å². The second-order valence-corrected chi connectivity index (χ2v) is 11.6. The molecule has 0 aliphatic carbocycles. The number of aromatic nitrogens is 1. The Bertz CT molecular complexity index is 1250. The molecule has 1 aromatic heterocycles. The molecule has 186 valence electrons. The number of piperazine rings is 1. The maximum atomic E-state index is 13.2. The number of halogens is 1. The Labute approximate surface area is 209 Å². The highest BCUT2D eigenvalue weighted by Crippen LogP contribution is 2.32. The number of ether oxygens (including phenoxy) is 1. The molecule has 0 unspecified atom stereocenters. The highest BCUT2D eigenvalue weighted by Gasteiger charge is 2.40. The molecule has 35 heavy (non-hydrogen) atoms. The minimum absolute atomic E-state index is 0.107. The molecule has 2 aromatic rings. The third-order valence-electron chi connectivity index (χ3n) is 6.82. The van der Waals surface area contributed by atoms with Gasteiger partial charge in [0, 0.05) is 61.4 Å². The largest absolute Gasteiger partial charge is 0.487 e. The van der Waals surface area contributed by atoms with Gasteiger partial charge in [0.2, 0.25) is 15.9 Å². The summed E-state index contributed by atoms with van der Waals surface area (Å²) >= 11 is 5.98. The highest BCUT2D eigenvalue weighted by atomic mass is 35.5. The molecule has 1 aromatic carbocycles. The van der Waals surface area contributed by atoms with Gasteiger partial charge in [-0.1, -0.05) is 11.6 Å². The number of anilines is 1. The summed E-state index contributed by atoms with van der Waals surface area (Å²) < 4.78 is 33.2. The van der Waals surface area contributed by atoms with Gasteiger partial charge in [-0.25, -0.2) is 8.42 Å². The summed E-state index contributed by atoms with van der Waals surface area (Å²) in [5.41, 5.74) is 0.693. The second-order valence-electron chi connectivity index (χ2n) is 9.15. The predicted octanol–water partition coefficient (Wildman–Crippen LogP) is 1.97. The molecule has 0 bridgehead atoms. The number of sulfonamides is 1. The van der Waals surface area contributed by atoms with E-state index in [0.717, 1.165) is 5.69 Å². The van der Waals surface area contributed by atoms with Crippen LogP contribution in [0.15, 0.2) is 47.6 Å². The normalized spacial score (nSPS) is 20.7. The van der Waals surface area contributed by atoms with Gasteiger partial charge in [-0.3, -0.25) is 9.78 Å². The van der Waals surface area contributed by atoms with Crippen LogP contribution in [0, 0.1) is 0 Å². The SMILES string of the molecule is O=C1CN(S(=O)(=O)C2=Cc3ccc(Cl)cc3OC2)CCN1CC1(O)CCN(c2ccncc2)CC1. The zero-order valence-electron chi connectivity index (χ0n) is 19.1. The number of carbonyl (C=O) groups is 1. The number of fused-ring (bicyclic) bond motifs is 1. The number of hydrogen-bond donors (Lipinski definition) is 1. The Morgan fingerprint density at radius 3 is 2.54 bits per heavy atom. The maximum Gasteiger partial charge on any atom is 0.243 e. The van der Waals surface area contributed by atoms with Crippen molar-refractivity contribution in [1.82, 2.24) is 14.2 Å². The lowest BCUT2D eigenvalue weighted by Gasteiger charge is -2.43. The Kier molecular flexibility index (Phi) is 6.47. The number of rotatable bonds is 5. The molecule has 3 aliphatic rings. The number of carbonyl (C=O) groups excluding carboxylic acids is 1. The first-order valence-corrected chi connectivity index (χ1v) is 13.3. The van der Waals surface area contributed by atoms with Crippen LogP contribution in [0.3, 0.4) is 0 Å². The number of benzene rings is 1. The summed E-state index contributed by atoms with van der Waals surface area (Å²) in [7, 11) is -3.87. The first-order valence-electron chi connectivity index (χ1n) is 11.5. The van der Waals surface area contributed by atoms with Gasteiger partial charge in [0.1, 0.15) is 12.4 Å². The van der Waals surface area contributed by atoms with E-state index in [1.807, 2.05) is 12.1 Å². The lowest BCUT2D eigenvalue weighted by atomic mass is 9.90. The zero-order chi connectivity index (χ0) is 24.6. The molecule has 0 atom stereocenters. The summed E-state index contributed by atoms with van der Waals surface area (Å²) in [4.78, 5) is 20.8. The van der Waals surface area contributed by atoms with E-state index < -0.39 is 15.6 Å². The number of amides is 1. The quantitative estimate of drug-likeness (QED) is 0.645. The van der Waals surface area contributed by atoms with Crippen molar-refractivity contribution < 1.29 is 23.1 Å². The Balaban J connectivity index is 1.20. The van der Waals surface area contributed by atoms with Gasteiger partial charge < -0.3 is 19.6 Å². The van der Waals surface area contributed by atoms with Crippen molar-refractivity contribution in [3.8, 4) is 5.75 Å². The lowest BCUT2D eigenvalue weighted by molar-refractivity contribution is -0.138. The van der Waals surface area contributed by atoms with Gasteiger partial charge in [-0.15, -0.1) is 0 Å². The van der Waals surface area contributed by atoms with Gasteiger partial charge in [0.05, 0.1) is 17.1 Å². The molecule has 0 spiro atoms. The highest BCUT2D eigenvalue weighted by molar-refractivity contribution is 7.93. The van der Waals surface area contributed by atoms with Crippen molar-refractivity contribution in [2.75, 3.05) is 50.8 Å². The van der Waals surface area contributed by atoms with Crippen molar-refractivity contribution in [2.24, 2.45) is 0 Å². The van der Waals surface area contributed by atoms with Crippen LogP contribution in [0.5, 0.6) is 5.75 Å². The molecule has 0 saturated carbocycles. The van der Waals surface area contributed by atoms with Gasteiger partial charge in [-0.05, 0) is 49.2 Å². The Hall–Kier alpha value is -2.66. The van der Waals surface area contributed by atoms with Crippen LogP contribution in [0.2, 0.25) is 5.02 Å². The van der Waals surface area contributed by atoms with E-state index in [-0.39, 0.29) is 43.6 Å². The number of hydrogen-bond acceptors (Lipinski definition) is 7. The summed E-state index contributed by atoms with van der Waals surface area (Å²) in [6.45, 7) is 1.56. The summed E-state index contributed by atoms with van der Waals surface area (Å²) in [6, 6.07) is 8.90. The predicted molar refractivity (Wildman–Crippen MR) is 133 cm³/mol. The van der Waals surface area contributed by atoms with E-state index >= 15 is 0 Å². The van der Waals surface area contributed by atoms with E-state index in [9.17, 15) is 18.3 Å². The van der Waals surface area contributed by atoms with Crippen molar-refractivity contribution in [3.05, 3.63) is 58.2 Å². The van der Waals surface area contributed by atoms with E-state index in [2.05, 4.69) is 9.88 Å². The number of aliphatic hydroxyl groups is 1. The first-order chi connectivity index (χ1) is 16.7. The van der Waals surface area contributed by atoms with Crippen LogP contribution in [-0.2, 0) is 14.8 Å². The third-order valence-corrected chi connectivity index (χ3v) is 8.95. The van der Waals surface area contributed by atoms with Crippen LogP contribution in [0.4, 0.5) is 5.69 Å². The van der Waals surface area contributed by atoms with Crippen LogP contribution >= 0.6 is 11.6 Å². The standard InChI is InChI=1S/C24H27ClN4O5S/c25-19-2-1-18-13-21(16-34-22(18)14-19)35(32,33)29-12-11-28(23(30)15-29)17-24(31)5-9-27(10-6-24)20-3-7-26-8-4-20/h1-4,7-8,13-14,31H,5-6,9-12,15-17H2. The van der Waals surface area contributed by atoms with Gasteiger partial charge >= 0.3 is 0 Å². The fourth-order valence-electron chi connectivity index (χ4n) is 4.74. The molecular weight excluding hydrogens is 492 g/mol. The average Bonchev–Trinajstić information content (AvgIpc) is 2.86. The van der Waals surface area contributed by atoms with Crippen molar-refractivity contribution in [3.63, 3.8) is 0 Å². The molecule has 11 heteroatoms. The second kappa shape index (κ2) is 9.42.